The second-order valence-corrected chi connectivity index (χ2v) is 7.13. The third kappa shape index (κ3) is 4.80. The molecule has 0 aliphatic heterocycles. The van der Waals surface area contributed by atoms with Gasteiger partial charge >= 0.3 is 0 Å². The number of nitrogen functional groups attached to an aromatic ring is 1. The zero-order chi connectivity index (χ0) is 20.1. The van der Waals surface area contributed by atoms with Crippen LogP contribution in [0.2, 0.25) is 0 Å². The van der Waals surface area contributed by atoms with Crippen LogP contribution in [0.5, 0.6) is 5.75 Å². The number of aromatic nitrogens is 3. The number of thioether (sulfide) groups is 1. The molecule has 0 fully saturated rings. The predicted octanol–water partition coefficient (Wildman–Crippen LogP) is 3.32. The number of hydrogen-bond acceptors (Lipinski definition) is 6. The van der Waals surface area contributed by atoms with E-state index in [1.807, 2.05) is 38.1 Å². The van der Waals surface area contributed by atoms with Gasteiger partial charge in [-0.3, -0.25) is 4.79 Å². The van der Waals surface area contributed by atoms with Crippen molar-refractivity contribution in [2.24, 2.45) is 0 Å². The van der Waals surface area contributed by atoms with Crippen LogP contribution in [0.15, 0.2) is 53.7 Å². The SMILES string of the molecule is CC(C)Oc1cccc(-c2nnc(SCC(=O)Nc3ccccc3F)n2N)c1. The van der Waals surface area contributed by atoms with Gasteiger partial charge in [-0.25, -0.2) is 9.07 Å². The number of nitrogens with two attached hydrogens (primary N) is 1. The number of benzene rings is 2. The van der Waals surface area contributed by atoms with E-state index >= 15 is 0 Å². The standard InChI is InChI=1S/C19H20FN5O2S/c1-12(2)27-14-7-5-6-13(10-14)18-23-24-19(25(18)21)28-11-17(26)22-16-9-4-3-8-15(16)20/h3-10,12H,11,21H2,1-2H3,(H,22,26). The molecular formula is C19H20FN5O2S. The van der Waals surface area contributed by atoms with Crippen LogP contribution in [0.25, 0.3) is 11.4 Å². The molecule has 146 valence electrons. The predicted molar refractivity (Wildman–Crippen MR) is 107 cm³/mol. The Morgan fingerprint density at radius 1 is 1.25 bits per heavy atom. The lowest BCUT2D eigenvalue weighted by Crippen LogP contribution is -2.17. The molecule has 28 heavy (non-hydrogen) atoms. The van der Waals surface area contributed by atoms with Crippen molar-refractivity contribution in [1.82, 2.24) is 14.9 Å². The number of hydrogen-bond donors (Lipinski definition) is 2. The van der Waals surface area contributed by atoms with Gasteiger partial charge in [-0.2, -0.15) is 0 Å². The van der Waals surface area contributed by atoms with Gasteiger partial charge in [0.25, 0.3) is 0 Å². The first-order valence-electron chi connectivity index (χ1n) is 8.59. The van der Waals surface area contributed by atoms with Gasteiger partial charge in [0.2, 0.25) is 11.1 Å². The van der Waals surface area contributed by atoms with Crippen LogP contribution in [-0.2, 0) is 4.79 Å². The smallest absolute Gasteiger partial charge is 0.234 e. The maximum atomic E-state index is 13.6. The van der Waals surface area contributed by atoms with E-state index in [2.05, 4.69) is 15.5 Å². The summed E-state index contributed by atoms with van der Waals surface area (Å²) in [5, 5.41) is 11.0. The lowest BCUT2D eigenvalue weighted by atomic mass is 10.2. The van der Waals surface area contributed by atoms with E-state index in [1.54, 1.807) is 12.1 Å². The first-order chi connectivity index (χ1) is 13.4. The number of carbonyl (C=O) groups excluding carboxylic acids is 1. The second-order valence-electron chi connectivity index (χ2n) is 6.19. The Morgan fingerprint density at radius 3 is 2.79 bits per heavy atom. The molecule has 0 saturated carbocycles. The van der Waals surface area contributed by atoms with E-state index in [0.717, 1.165) is 17.3 Å². The lowest BCUT2D eigenvalue weighted by molar-refractivity contribution is -0.113. The molecule has 0 bridgehead atoms. The van der Waals surface area contributed by atoms with E-state index in [1.165, 1.54) is 16.8 Å². The molecule has 1 amide bonds. The summed E-state index contributed by atoms with van der Waals surface area (Å²) in [6.07, 6.45) is 0.0464. The highest BCUT2D eigenvalue weighted by Gasteiger charge is 2.15. The highest BCUT2D eigenvalue weighted by molar-refractivity contribution is 7.99. The molecule has 1 aromatic heterocycles. The zero-order valence-electron chi connectivity index (χ0n) is 15.4. The van der Waals surface area contributed by atoms with Crippen molar-refractivity contribution >= 4 is 23.4 Å². The molecule has 1 heterocycles. The molecule has 0 unspecified atom stereocenters. The van der Waals surface area contributed by atoms with Gasteiger partial charge < -0.3 is 15.9 Å². The van der Waals surface area contributed by atoms with Crippen LogP contribution in [0.4, 0.5) is 10.1 Å². The van der Waals surface area contributed by atoms with E-state index < -0.39 is 5.82 Å². The van der Waals surface area contributed by atoms with Gasteiger partial charge in [-0.05, 0) is 38.1 Å². The topological polar surface area (TPSA) is 95.1 Å². The molecule has 0 saturated heterocycles. The number of rotatable bonds is 7. The van der Waals surface area contributed by atoms with Crippen LogP contribution in [0.1, 0.15) is 13.8 Å². The number of nitrogens with one attached hydrogen (secondary N) is 1. The minimum Gasteiger partial charge on any atom is -0.491 e. The van der Waals surface area contributed by atoms with Gasteiger partial charge in [0, 0.05) is 5.56 Å². The Hall–Kier alpha value is -3.07. The number of para-hydroxylation sites is 1. The summed E-state index contributed by atoms with van der Waals surface area (Å²) in [7, 11) is 0. The molecule has 0 atom stereocenters. The highest BCUT2D eigenvalue weighted by Crippen LogP contribution is 2.25. The first kappa shape index (κ1) is 19.7. The number of nitrogens with zero attached hydrogens (tertiary/aromatic N) is 3. The summed E-state index contributed by atoms with van der Waals surface area (Å²) in [5.41, 5.74) is 0.876. The Morgan fingerprint density at radius 2 is 2.04 bits per heavy atom. The summed E-state index contributed by atoms with van der Waals surface area (Å²) in [6, 6.07) is 13.3. The first-order valence-corrected chi connectivity index (χ1v) is 9.57. The minimum absolute atomic E-state index is 0.0141. The maximum Gasteiger partial charge on any atom is 0.234 e. The summed E-state index contributed by atoms with van der Waals surface area (Å²) >= 11 is 1.11. The molecule has 9 heteroatoms. The quantitative estimate of drug-likeness (QED) is 0.466. The lowest BCUT2D eigenvalue weighted by Gasteiger charge is -2.10. The molecule has 0 aliphatic carbocycles. The summed E-state index contributed by atoms with van der Waals surface area (Å²) < 4.78 is 20.6. The molecule has 0 radical (unpaired) electrons. The molecule has 3 aromatic rings. The van der Waals surface area contributed by atoms with Crippen molar-refractivity contribution in [3.05, 3.63) is 54.3 Å². The number of carbonyl (C=O) groups is 1. The average molecular weight is 401 g/mol. The molecule has 7 nitrogen and oxygen atoms in total. The average Bonchev–Trinajstić information content (AvgIpc) is 3.02. The third-order valence-electron chi connectivity index (χ3n) is 3.61. The Kier molecular flexibility index (Phi) is 6.15. The number of ether oxygens (including phenoxy) is 1. The summed E-state index contributed by atoms with van der Waals surface area (Å²) in [6.45, 7) is 3.89. The van der Waals surface area contributed by atoms with Crippen LogP contribution < -0.4 is 15.9 Å². The third-order valence-corrected chi connectivity index (χ3v) is 4.55. The van der Waals surface area contributed by atoms with Crippen molar-refractivity contribution in [3.8, 4) is 17.1 Å². The minimum atomic E-state index is -0.492. The molecule has 2 aromatic carbocycles. The van der Waals surface area contributed by atoms with Crippen molar-refractivity contribution in [2.75, 3.05) is 16.9 Å². The Bertz CT molecular complexity index is 976. The van der Waals surface area contributed by atoms with E-state index in [4.69, 9.17) is 10.6 Å². The summed E-state index contributed by atoms with van der Waals surface area (Å²) in [4.78, 5) is 12.1. The molecule has 3 rings (SSSR count). The van der Waals surface area contributed by atoms with Crippen LogP contribution in [-0.4, -0.2) is 32.6 Å². The fraction of sp³-hybridized carbons (Fsp3) is 0.211. The number of anilines is 1. The fourth-order valence-corrected chi connectivity index (χ4v) is 3.09. The van der Waals surface area contributed by atoms with E-state index in [9.17, 15) is 9.18 Å². The van der Waals surface area contributed by atoms with Crippen LogP contribution in [0, 0.1) is 5.82 Å². The van der Waals surface area contributed by atoms with Crippen molar-refractivity contribution in [3.63, 3.8) is 0 Å². The van der Waals surface area contributed by atoms with Crippen LogP contribution in [0.3, 0.4) is 0 Å². The van der Waals surface area contributed by atoms with Crippen LogP contribution >= 0.6 is 11.8 Å². The maximum absolute atomic E-state index is 13.6. The molecular weight excluding hydrogens is 381 g/mol. The highest BCUT2D eigenvalue weighted by atomic mass is 32.2. The normalized spacial score (nSPS) is 10.9. The number of halogens is 1. The van der Waals surface area contributed by atoms with Gasteiger partial charge in [0.15, 0.2) is 5.82 Å². The molecule has 0 spiro atoms. The van der Waals surface area contributed by atoms with Crippen molar-refractivity contribution < 1.29 is 13.9 Å². The second kappa shape index (κ2) is 8.75. The van der Waals surface area contributed by atoms with Crippen molar-refractivity contribution in [1.29, 1.82) is 0 Å². The summed E-state index contributed by atoms with van der Waals surface area (Å²) in [5.74, 6) is 6.39. The van der Waals surface area contributed by atoms with E-state index in [0.29, 0.717) is 16.7 Å². The molecule has 3 N–H and O–H groups in total. The Labute approximate surface area is 166 Å². The van der Waals surface area contributed by atoms with Gasteiger partial charge in [-0.15, -0.1) is 10.2 Å². The number of amides is 1. The largest absolute Gasteiger partial charge is 0.491 e. The Balaban J connectivity index is 1.66. The van der Waals surface area contributed by atoms with Gasteiger partial charge in [0.1, 0.15) is 11.6 Å². The monoisotopic (exact) mass is 401 g/mol. The fourth-order valence-electron chi connectivity index (χ4n) is 2.43. The zero-order valence-corrected chi connectivity index (χ0v) is 16.2. The van der Waals surface area contributed by atoms with Gasteiger partial charge in [-0.1, -0.05) is 36.0 Å². The van der Waals surface area contributed by atoms with E-state index in [-0.39, 0.29) is 23.5 Å². The van der Waals surface area contributed by atoms with Crippen molar-refractivity contribution in [2.45, 2.75) is 25.1 Å². The van der Waals surface area contributed by atoms with Gasteiger partial charge in [0.05, 0.1) is 17.5 Å². The molecule has 0 aliphatic rings.